The summed E-state index contributed by atoms with van der Waals surface area (Å²) in [6.45, 7) is 5.43. The summed E-state index contributed by atoms with van der Waals surface area (Å²) < 4.78 is 7.65. The number of amides is 1. The highest BCUT2D eigenvalue weighted by molar-refractivity contribution is 6.07. The number of quaternary nitrogens is 1. The summed E-state index contributed by atoms with van der Waals surface area (Å²) in [7, 11) is 2.00. The lowest BCUT2D eigenvalue weighted by Crippen LogP contribution is -3.13. The van der Waals surface area contributed by atoms with Gasteiger partial charge in [0.1, 0.15) is 12.3 Å². The molecule has 1 amide bonds. The number of rotatable bonds is 3. The zero-order valence-corrected chi connectivity index (χ0v) is 16.3. The van der Waals surface area contributed by atoms with Crippen LogP contribution >= 0.6 is 0 Å². The van der Waals surface area contributed by atoms with Crippen LogP contribution in [0.4, 0.5) is 0 Å². The molecular formula is C23H26N3O2+. The number of benzene rings is 2. The number of aryl methyl sites for hydroxylation is 1. The second kappa shape index (κ2) is 6.99. The molecule has 144 valence electrons. The maximum absolute atomic E-state index is 13.1. The molecule has 1 N–H and O–H groups in total. The molecule has 5 rings (SSSR count). The van der Waals surface area contributed by atoms with Gasteiger partial charge in [0.25, 0.3) is 5.91 Å². The molecule has 0 spiro atoms. The summed E-state index contributed by atoms with van der Waals surface area (Å²) in [6.07, 6.45) is 2.99. The molecule has 2 aliphatic heterocycles. The van der Waals surface area contributed by atoms with Crippen molar-refractivity contribution in [3.63, 3.8) is 0 Å². The van der Waals surface area contributed by atoms with Crippen molar-refractivity contribution in [2.45, 2.75) is 13.0 Å². The fourth-order valence-electron chi connectivity index (χ4n) is 4.52. The Bertz CT molecular complexity index is 1030. The number of para-hydroxylation sites is 1. The molecule has 1 aromatic heterocycles. The second-order valence-electron chi connectivity index (χ2n) is 7.93. The van der Waals surface area contributed by atoms with E-state index in [4.69, 9.17) is 4.74 Å². The quantitative estimate of drug-likeness (QED) is 0.755. The molecule has 0 saturated carbocycles. The van der Waals surface area contributed by atoms with Crippen molar-refractivity contribution in [3.05, 3.63) is 65.4 Å². The Morgan fingerprint density at radius 3 is 2.82 bits per heavy atom. The van der Waals surface area contributed by atoms with Crippen molar-refractivity contribution >= 4 is 16.8 Å². The number of nitrogens with one attached hydrogen (secondary N) is 1. The van der Waals surface area contributed by atoms with E-state index >= 15 is 0 Å². The standard InChI is InChI=1S/C23H25N3O2/c1-24-16-20(19-4-2-3-5-21(19)24)23(27)26-11-9-25(10-12-26)15-17-6-7-22-18(14-17)8-13-28-22/h2-7,14,16H,8-13,15H2,1H3/p+1. The first kappa shape index (κ1) is 17.3. The molecule has 0 atom stereocenters. The molecule has 0 aliphatic carbocycles. The van der Waals surface area contributed by atoms with Crippen molar-refractivity contribution in [1.82, 2.24) is 9.47 Å². The van der Waals surface area contributed by atoms with Gasteiger partial charge in [-0.3, -0.25) is 4.79 Å². The number of fused-ring (bicyclic) bond motifs is 2. The zero-order valence-electron chi connectivity index (χ0n) is 16.3. The lowest BCUT2D eigenvalue weighted by atomic mass is 10.1. The fraction of sp³-hybridized carbons (Fsp3) is 0.348. The molecule has 1 fully saturated rings. The molecule has 3 aromatic rings. The third kappa shape index (κ3) is 3.06. The third-order valence-electron chi connectivity index (χ3n) is 6.09. The van der Waals surface area contributed by atoms with Gasteiger partial charge in [-0.15, -0.1) is 0 Å². The van der Waals surface area contributed by atoms with Crippen LogP contribution in [0, 0.1) is 0 Å². The number of aromatic nitrogens is 1. The van der Waals surface area contributed by atoms with Crippen molar-refractivity contribution in [3.8, 4) is 5.75 Å². The van der Waals surface area contributed by atoms with Crippen LogP contribution in [0.5, 0.6) is 5.75 Å². The van der Waals surface area contributed by atoms with Gasteiger partial charge in [0, 0.05) is 36.1 Å². The first-order valence-electron chi connectivity index (χ1n) is 10.1. The Balaban J connectivity index is 1.25. The van der Waals surface area contributed by atoms with Crippen molar-refractivity contribution < 1.29 is 14.4 Å². The van der Waals surface area contributed by atoms with E-state index in [1.165, 1.54) is 11.1 Å². The minimum absolute atomic E-state index is 0.158. The van der Waals surface area contributed by atoms with Crippen LogP contribution in [-0.2, 0) is 20.0 Å². The Kier molecular flexibility index (Phi) is 4.32. The number of carbonyl (C=O) groups excluding carboxylic acids is 1. The molecule has 5 nitrogen and oxygen atoms in total. The second-order valence-corrected chi connectivity index (χ2v) is 7.93. The van der Waals surface area contributed by atoms with Crippen LogP contribution in [0.15, 0.2) is 48.7 Å². The topological polar surface area (TPSA) is 38.9 Å². The number of nitrogens with zero attached hydrogens (tertiary/aromatic N) is 2. The molecular weight excluding hydrogens is 350 g/mol. The van der Waals surface area contributed by atoms with Gasteiger partial charge >= 0.3 is 0 Å². The molecule has 1 saturated heterocycles. The van der Waals surface area contributed by atoms with E-state index < -0.39 is 0 Å². The average Bonchev–Trinajstić information content (AvgIpc) is 3.32. The summed E-state index contributed by atoms with van der Waals surface area (Å²) >= 11 is 0. The van der Waals surface area contributed by atoms with Crippen LogP contribution in [0.1, 0.15) is 21.5 Å². The van der Waals surface area contributed by atoms with Gasteiger partial charge in [0.15, 0.2) is 0 Å². The van der Waals surface area contributed by atoms with Gasteiger partial charge in [-0.25, -0.2) is 0 Å². The van der Waals surface area contributed by atoms with Gasteiger partial charge in [-0.2, -0.15) is 0 Å². The first-order chi connectivity index (χ1) is 13.7. The summed E-state index contributed by atoms with van der Waals surface area (Å²) in [5.74, 6) is 1.20. The summed E-state index contributed by atoms with van der Waals surface area (Å²) in [4.78, 5) is 16.7. The van der Waals surface area contributed by atoms with Gasteiger partial charge in [-0.1, -0.05) is 18.2 Å². The Hall–Kier alpha value is -2.79. The number of hydrogen-bond donors (Lipinski definition) is 1. The lowest BCUT2D eigenvalue weighted by Gasteiger charge is -2.32. The molecule has 28 heavy (non-hydrogen) atoms. The predicted octanol–water partition coefficient (Wildman–Crippen LogP) is 1.65. The monoisotopic (exact) mass is 376 g/mol. The maximum Gasteiger partial charge on any atom is 0.256 e. The van der Waals surface area contributed by atoms with E-state index in [2.05, 4.69) is 24.3 Å². The smallest absolute Gasteiger partial charge is 0.256 e. The van der Waals surface area contributed by atoms with Gasteiger partial charge in [0.2, 0.25) is 0 Å². The van der Waals surface area contributed by atoms with Crippen LogP contribution in [0.2, 0.25) is 0 Å². The van der Waals surface area contributed by atoms with E-state index in [1.54, 1.807) is 4.90 Å². The molecule has 2 aliphatic rings. The van der Waals surface area contributed by atoms with E-state index in [0.717, 1.165) is 68.0 Å². The van der Waals surface area contributed by atoms with E-state index in [9.17, 15) is 4.79 Å². The van der Waals surface area contributed by atoms with Gasteiger partial charge < -0.3 is 19.1 Å². The number of hydrogen-bond acceptors (Lipinski definition) is 2. The predicted molar refractivity (Wildman–Crippen MR) is 109 cm³/mol. The SMILES string of the molecule is Cn1cc(C(=O)N2CC[NH+](Cc3ccc4c(c3)CCO4)CC2)c2ccccc21. The van der Waals surface area contributed by atoms with Crippen LogP contribution in [0.25, 0.3) is 10.9 Å². The van der Waals surface area contributed by atoms with Crippen LogP contribution in [-0.4, -0.2) is 48.2 Å². The number of ether oxygens (including phenoxy) is 1. The maximum atomic E-state index is 13.1. The minimum Gasteiger partial charge on any atom is -0.493 e. The highest BCUT2D eigenvalue weighted by atomic mass is 16.5. The molecule has 2 aromatic carbocycles. The minimum atomic E-state index is 0.158. The normalized spacial score (nSPS) is 17.0. The summed E-state index contributed by atoms with van der Waals surface area (Å²) in [5.41, 5.74) is 4.63. The largest absolute Gasteiger partial charge is 0.493 e. The fourth-order valence-corrected chi connectivity index (χ4v) is 4.52. The van der Waals surface area contributed by atoms with E-state index in [0.29, 0.717) is 0 Å². The highest BCUT2D eigenvalue weighted by Gasteiger charge is 2.26. The van der Waals surface area contributed by atoms with Crippen molar-refractivity contribution in [2.24, 2.45) is 7.05 Å². The Labute approximate surface area is 165 Å². The number of carbonyl (C=O) groups is 1. The molecule has 3 heterocycles. The molecule has 0 radical (unpaired) electrons. The van der Waals surface area contributed by atoms with Crippen LogP contribution < -0.4 is 9.64 Å². The highest BCUT2D eigenvalue weighted by Crippen LogP contribution is 2.25. The van der Waals surface area contributed by atoms with Crippen LogP contribution in [0.3, 0.4) is 0 Å². The molecule has 0 unspecified atom stereocenters. The Morgan fingerprint density at radius 2 is 1.96 bits per heavy atom. The lowest BCUT2D eigenvalue weighted by molar-refractivity contribution is -0.917. The molecule has 5 heteroatoms. The van der Waals surface area contributed by atoms with Crippen molar-refractivity contribution in [2.75, 3.05) is 32.8 Å². The first-order valence-corrected chi connectivity index (χ1v) is 10.1. The van der Waals surface area contributed by atoms with Gasteiger partial charge in [0.05, 0.1) is 38.3 Å². The van der Waals surface area contributed by atoms with Crippen molar-refractivity contribution in [1.29, 1.82) is 0 Å². The third-order valence-corrected chi connectivity index (χ3v) is 6.09. The number of piperazine rings is 1. The molecule has 0 bridgehead atoms. The average molecular weight is 376 g/mol. The summed E-state index contributed by atoms with van der Waals surface area (Å²) in [6, 6.07) is 14.7. The van der Waals surface area contributed by atoms with E-state index in [1.807, 2.05) is 40.9 Å². The van der Waals surface area contributed by atoms with Gasteiger partial charge in [-0.05, 0) is 29.8 Å². The Morgan fingerprint density at radius 1 is 1.14 bits per heavy atom. The summed E-state index contributed by atoms with van der Waals surface area (Å²) in [5, 5.41) is 1.05. The zero-order chi connectivity index (χ0) is 19.1. The van der Waals surface area contributed by atoms with E-state index in [-0.39, 0.29) is 5.91 Å².